The van der Waals surface area contributed by atoms with E-state index in [0.717, 1.165) is 5.56 Å². The number of hydrogen-bond acceptors (Lipinski definition) is 4. The second-order valence-corrected chi connectivity index (χ2v) is 8.10. The highest BCUT2D eigenvalue weighted by Crippen LogP contribution is 2.26. The lowest BCUT2D eigenvalue weighted by Crippen LogP contribution is -2.39. The molecule has 6 nitrogen and oxygen atoms in total. The Bertz CT molecular complexity index is 989. The van der Waals surface area contributed by atoms with Crippen LogP contribution in [0.1, 0.15) is 24.1 Å². The number of carbonyl (C=O) groups is 1. The summed E-state index contributed by atoms with van der Waals surface area (Å²) in [4.78, 5) is 14.1. The summed E-state index contributed by atoms with van der Waals surface area (Å²) < 4.78 is 28.0. The quantitative estimate of drug-likeness (QED) is 0.868. The first-order valence-electron chi connectivity index (χ1n) is 7.98. The predicted octanol–water partition coefficient (Wildman–Crippen LogP) is 2.60. The van der Waals surface area contributed by atoms with Crippen LogP contribution in [0.25, 0.3) is 0 Å². The van der Waals surface area contributed by atoms with Crippen LogP contribution >= 0.6 is 11.6 Å². The molecular weight excluding hydrogens is 374 g/mol. The van der Waals surface area contributed by atoms with E-state index in [9.17, 15) is 13.2 Å². The molecule has 1 aliphatic rings. The average Bonchev–Trinajstić information content (AvgIpc) is 2.87. The number of amides is 1. The number of amidine groups is 1. The number of hydrogen-bond donors (Lipinski definition) is 1. The maximum atomic E-state index is 12.4. The van der Waals surface area contributed by atoms with Gasteiger partial charge in [-0.1, -0.05) is 35.9 Å². The Hall–Kier alpha value is -2.38. The van der Waals surface area contributed by atoms with Gasteiger partial charge in [-0.2, -0.15) is 8.42 Å². The maximum Gasteiger partial charge on any atom is 0.285 e. The number of benzene rings is 2. The van der Waals surface area contributed by atoms with Gasteiger partial charge in [-0.25, -0.2) is 0 Å². The third-order valence-electron chi connectivity index (χ3n) is 4.08. The fourth-order valence-corrected chi connectivity index (χ4v) is 4.25. The number of sulfonamides is 1. The summed E-state index contributed by atoms with van der Waals surface area (Å²) in [6, 6.07) is 13.6. The minimum absolute atomic E-state index is 0.0202. The van der Waals surface area contributed by atoms with Crippen molar-refractivity contribution < 1.29 is 13.2 Å². The van der Waals surface area contributed by atoms with Crippen molar-refractivity contribution in [3.05, 3.63) is 64.7 Å². The number of likely N-dealkylation sites (N-methyl/N-ethyl adjacent to an activating group) is 1. The van der Waals surface area contributed by atoms with Gasteiger partial charge in [0.05, 0.1) is 12.6 Å². The van der Waals surface area contributed by atoms with Gasteiger partial charge in [0.1, 0.15) is 4.90 Å². The number of nitrogens with zero attached hydrogens (tertiary/aromatic N) is 2. The normalized spacial score (nSPS) is 15.7. The van der Waals surface area contributed by atoms with Crippen LogP contribution in [0.5, 0.6) is 0 Å². The molecule has 3 rings (SSSR count). The van der Waals surface area contributed by atoms with Gasteiger partial charge in [0.25, 0.3) is 10.0 Å². The largest absolute Gasteiger partial charge is 0.349 e. The smallest absolute Gasteiger partial charge is 0.285 e. The molecule has 2 aromatic carbocycles. The molecule has 0 bridgehead atoms. The van der Waals surface area contributed by atoms with Gasteiger partial charge in [-0.3, -0.25) is 4.79 Å². The topological polar surface area (TPSA) is 78.8 Å². The maximum absolute atomic E-state index is 12.4. The molecule has 1 unspecified atom stereocenters. The fourth-order valence-electron chi connectivity index (χ4n) is 2.80. The van der Waals surface area contributed by atoms with Crippen LogP contribution in [0.3, 0.4) is 0 Å². The molecule has 0 aromatic heterocycles. The molecule has 2 aromatic rings. The van der Waals surface area contributed by atoms with Gasteiger partial charge in [-0.05, 0) is 36.8 Å². The molecule has 0 saturated carbocycles. The Labute approximate surface area is 157 Å². The van der Waals surface area contributed by atoms with E-state index < -0.39 is 10.0 Å². The van der Waals surface area contributed by atoms with Crippen molar-refractivity contribution >= 4 is 33.4 Å². The monoisotopic (exact) mass is 391 g/mol. The summed E-state index contributed by atoms with van der Waals surface area (Å²) >= 11 is 5.98. The van der Waals surface area contributed by atoms with Crippen molar-refractivity contribution in [1.29, 1.82) is 0 Å². The van der Waals surface area contributed by atoms with E-state index in [4.69, 9.17) is 11.6 Å². The molecule has 0 aliphatic carbocycles. The zero-order chi connectivity index (χ0) is 18.9. The van der Waals surface area contributed by atoms with Crippen LogP contribution in [-0.2, 0) is 14.8 Å². The lowest BCUT2D eigenvalue weighted by Gasteiger charge is -2.21. The van der Waals surface area contributed by atoms with Crippen molar-refractivity contribution in [3.63, 3.8) is 0 Å². The molecule has 1 amide bonds. The molecule has 1 heterocycles. The number of rotatable bonds is 4. The summed E-state index contributed by atoms with van der Waals surface area (Å²) in [5.74, 6) is 0.0237. The molecule has 1 atom stereocenters. The van der Waals surface area contributed by atoms with Crippen molar-refractivity contribution in [2.45, 2.75) is 17.9 Å². The zero-order valence-corrected chi connectivity index (χ0v) is 15.9. The molecule has 0 fully saturated rings. The highest BCUT2D eigenvalue weighted by Gasteiger charge is 2.31. The molecule has 0 spiro atoms. The standard InChI is InChI=1S/C18H18ClN3O3S/c1-12(13-6-5-7-14(19)10-13)20-17(23)11-22(2)18-15-8-3-4-9-16(15)26(24,25)21-18/h3-10,12H,11H2,1-2H3,(H,20,23). The molecule has 8 heteroatoms. The molecule has 0 saturated heterocycles. The Morgan fingerprint density at radius 2 is 1.96 bits per heavy atom. The van der Waals surface area contributed by atoms with Crippen LogP contribution in [0.4, 0.5) is 0 Å². The molecule has 26 heavy (non-hydrogen) atoms. The molecule has 1 N–H and O–H groups in total. The number of carbonyl (C=O) groups excluding carboxylic acids is 1. The van der Waals surface area contributed by atoms with Crippen molar-refractivity contribution in [2.75, 3.05) is 13.6 Å². The number of halogens is 1. The van der Waals surface area contributed by atoms with Crippen molar-refractivity contribution in [2.24, 2.45) is 4.40 Å². The summed E-state index contributed by atoms with van der Waals surface area (Å²) in [5.41, 5.74) is 1.39. The summed E-state index contributed by atoms with van der Waals surface area (Å²) in [6.07, 6.45) is 0. The van der Waals surface area contributed by atoms with E-state index in [0.29, 0.717) is 10.6 Å². The third-order valence-corrected chi connectivity index (χ3v) is 5.64. The van der Waals surface area contributed by atoms with Crippen LogP contribution in [0.2, 0.25) is 5.02 Å². The van der Waals surface area contributed by atoms with E-state index in [1.54, 1.807) is 37.4 Å². The van der Waals surface area contributed by atoms with Gasteiger partial charge in [0.2, 0.25) is 5.91 Å². The van der Waals surface area contributed by atoms with Crippen LogP contribution in [0.15, 0.2) is 57.8 Å². The summed E-state index contributed by atoms with van der Waals surface area (Å²) in [7, 11) is -2.07. The molecule has 136 valence electrons. The third kappa shape index (κ3) is 3.73. The highest BCUT2D eigenvalue weighted by molar-refractivity contribution is 7.90. The van der Waals surface area contributed by atoms with E-state index in [1.165, 1.54) is 11.0 Å². The highest BCUT2D eigenvalue weighted by atomic mass is 35.5. The zero-order valence-electron chi connectivity index (χ0n) is 14.3. The lowest BCUT2D eigenvalue weighted by molar-refractivity contribution is -0.121. The Morgan fingerprint density at radius 1 is 1.23 bits per heavy atom. The van der Waals surface area contributed by atoms with Crippen molar-refractivity contribution in [1.82, 2.24) is 10.2 Å². The second-order valence-electron chi connectivity index (χ2n) is 6.09. The summed E-state index contributed by atoms with van der Waals surface area (Å²) in [6.45, 7) is 1.84. The van der Waals surface area contributed by atoms with E-state index in [2.05, 4.69) is 9.71 Å². The first kappa shape index (κ1) is 18.4. The minimum atomic E-state index is -3.71. The molecular formula is C18H18ClN3O3S. The van der Waals surface area contributed by atoms with Crippen LogP contribution in [0, 0.1) is 0 Å². The second kappa shape index (κ2) is 7.09. The van der Waals surface area contributed by atoms with Gasteiger partial charge in [0.15, 0.2) is 5.84 Å². The summed E-state index contributed by atoms with van der Waals surface area (Å²) in [5, 5.41) is 3.48. The lowest BCUT2D eigenvalue weighted by atomic mass is 10.1. The minimum Gasteiger partial charge on any atom is -0.349 e. The molecule has 0 radical (unpaired) electrons. The van der Waals surface area contributed by atoms with Crippen LogP contribution < -0.4 is 5.32 Å². The van der Waals surface area contributed by atoms with E-state index >= 15 is 0 Å². The predicted molar refractivity (Wildman–Crippen MR) is 101 cm³/mol. The van der Waals surface area contributed by atoms with Crippen molar-refractivity contribution in [3.8, 4) is 0 Å². The van der Waals surface area contributed by atoms with Gasteiger partial charge >= 0.3 is 0 Å². The average molecular weight is 392 g/mol. The SMILES string of the molecule is CC(NC(=O)CN(C)C1=NS(=O)(=O)c2ccccc21)c1cccc(Cl)c1. The number of fused-ring (bicyclic) bond motifs is 1. The van der Waals surface area contributed by atoms with Gasteiger partial charge < -0.3 is 10.2 Å². The fraction of sp³-hybridized carbons (Fsp3) is 0.222. The first-order valence-corrected chi connectivity index (χ1v) is 9.80. The number of nitrogens with one attached hydrogen (secondary N) is 1. The molecule has 1 aliphatic heterocycles. The van der Waals surface area contributed by atoms with Crippen LogP contribution in [-0.4, -0.2) is 38.7 Å². The Kier molecular flexibility index (Phi) is 5.02. The Balaban J connectivity index is 1.71. The Morgan fingerprint density at radius 3 is 2.69 bits per heavy atom. The van der Waals surface area contributed by atoms with Gasteiger partial charge in [0, 0.05) is 17.6 Å². The van der Waals surface area contributed by atoms with Gasteiger partial charge in [-0.15, -0.1) is 4.40 Å². The first-order chi connectivity index (χ1) is 12.3. The van der Waals surface area contributed by atoms with E-state index in [-0.39, 0.29) is 29.2 Å². The van der Waals surface area contributed by atoms with E-state index in [1.807, 2.05) is 19.1 Å².